The van der Waals surface area contributed by atoms with Gasteiger partial charge in [0.2, 0.25) is 0 Å². The number of nitrogens with zero attached hydrogens (tertiary/aromatic N) is 1. The Bertz CT molecular complexity index is 727. The molecule has 1 heterocycles. The van der Waals surface area contributed by atoms with Crippen molar-refractivity contribution in [2.24, 2.45) is 5.41 Å². The van der Waals surface area contributed by atoms with E-state index in [1.165, 1.54) is 4.90 Å². The molecular formula is C21H27NO5. The highest BCUT2D eigenvalue weighted by molar-refractivity contribution is 5.72. The fourth-order valence-corrected chi connectivity index (χ4v) is 2.90. The summed E-state index contributed by atoms with van der Waals surface area (Å²) in [6, 6.07) is 9.80. The van der Waals surface area contributed by atoms with Gasteiger partial charge >= 0.3 is 6.09 Å². The third-order valence-corrected chi connectivity index (χ3v) is 3.99. The van der Waals surface area contributed by atoms with Crippen LogP contribution in [0, 0.1) is 5.41 Å². The van der Waals surface area contributed by atoms with Gasteiger partial charge in [-0.25, -0.2) is 9.59 Å². The maximum Gasteiger partial charge on any atom is 0.414 e. The Morgan fingerprint density at radius 2 is 1.93 bits per heavy atom. The Balaban J connectivity index is 2.30. The lowest BCUT2D eigenvalue weighted by molar-refractivity contribution is 0.0843. The molecule has 0 atom stereocenters. The topological polar surface area (TPSA) is 65.1 Å². The molecule has 6 nitrogen and oxygen atoms in total. The van der Waals surface area contributed by atoms with Crippen LogP contribution in [-0.2, 0) is 25.6 Å². The van der Waals surface area contributed by atoms with Gasteiger partial charge in [-0.05, 0) is 12.5 Å². The summed E-state index contributed by atoms with van der Waals surface area (Å²) in [5.41, 5.74) is 1.62. The first-order valence-electron chi connectivity index (χ1n) is 9.02. The number of amides is 1. The van der Waals surface area contributed by atoms with Crippen LogP contribution in [0.25, 0.3) is 0 Å². The van der Waals surface area contributed by atoms with Gasteiger partial charge in [-0.15, -0.1) is 0 Å². The van der Waals surface area contributed by atoms with Crippen molar-refractivity contribution in [1.29, 1.82) is 0 Å². The minimum Gasteiger partial charge on any atom is -0.488 e. The van der Waals surface area contributed by atoms with Gasteiger partial charge in [0.1, 0.15) is 24.9 Å². The van der Waals surface area contributed by atoms with E-state index in [1.54, 1.807) is 6.92 Å². The van der Waals surface area contributed by atoms with Crippen LogP contribution >= 0.6 is 0 Å². The maximum atomic E-state index is 12.5. The summed E-state index contributed by atoms with van der Waals surface area (Å²) in [6.45, 7) is 8.69. The van der Waals surface area contributed by atoms with E-state index in [4.69, 9.17) is 14.2 Å². The number of benzene rings is 1. The quantitative estimate of drug-likeness (QED) is 0.736. The lowest BCUT2D eigenvalue weighted by Crippen LogP contribution is -2.38. The van der Waals surface area contributed by atoms with Crippen LogP contribution in [0.2, 0.25) is 0 Å². The van der Waals surface area contributed by atoms with Gasteiger partial charge in [0.05, 0.1) is 31.0 Å². The first-order valence-corrected chi connectivity index (χ1v) is 9.02. The van der Waals surface area contributed by atoms with E-state index < -0.39 is 11.5 Å². The molecular weight excluding hydrogens is 346 g/mol. The van der Waals surface area contributed by atoms with E-state index in [-0.39, 0.29) is 26.4 Å². The number of ether oxygens (including phenoxy) is 3. The first kappa shape index (κ1) is 20.7. The molecule has 27 heavy (non-hydrogen) atoms. The maximum absolute atomic E-state index is 12.5. The lowest BCUT2D eigenvalue weighted by atomic mass is 9.90. The second-order valence-corrected chi connectivity index (χ2v) is 7.28. The molecule has 0 aliphatic carbocycles. The number of carbonyl (C=O) groups is 1. The molecule has 1 aliphatic rings. The van der Waals surface area contributed by atoms with Crippen molar-refractivity contribution in [1.82, 2.24) is 4.90 Å². The molecule has 1 aromatic carbocycles. The molecule has 0 fully saturated rings. The van der Waals surface area contributed by atoms with E-state index in [0.29, 0.717) is 23.6 Å². The van der Waals surface area contributed by atoms with Crippen LogP contribution < -0.4 is 0 Å². The number of carbonyl (C=O) groups excluding carboxylic acids is 2. The van der Waals surface area contributed by atoms with Crippen molar-refractivity contribution in [2.75, 3.05) is 26.4 Å². The Morgan fingerprint density at radius 3 is 2.52 bits per heavy atom. The molecule has 0 N–H and O–H groups in total. The van der Waals surface area contributed by atoms with Crippen molar-refractivity contribution in [3.63, 3.8) is 0 Å². The van der Waals surface area contributed by atoms with Crippen molar-refractivity contribution < 1.29 is 23.8 Å². The molecule has 0 spiro atoms. The van der Waals surface area contributed by atoms with Crippen LogP contribution in [0.4, 0.5) is 4.79 Å². The van der Waals surface area contributed by atoms with E-state index in [1.807, 2.05) is 57.0 Å². The second-order valence-electron chi connectivity index (χ2n) is 7.28. The predicted molar refractivity (Wildman–Crippen MR) is 101 cm³/mol. The summed E-state index contributed by atoms with van der Waals surface area (Å²) >= 11 is 0. The molecule has 0 saturated heterocycles. The summed E-state index contributed by atoms with van der Waals surface area (Å²) in [5, 5.41) is 0. The van der Waals surface area contributed by atoms with Gasteiger partial charge in [0, 0.05) is 5.41 Å². The zero-order chi connectivity index (χ0) is 19.9. The number of hydrogen-bond donors (Lipinski definition) is 0. The van der Waals surface area contributed by atoms with Gasteiger partial charge < -0.3 is 14.2 Å². The van der Waals surface area contributed by atoms with Crippen LogP contribution in [0.5, 0.6) is 0 Å². The molecule has 146 valence electrons. The number of rotatable bonds is 5. The number of hydrogen-bond acceptors (Lipinski definition) is 5. The highest BCUT2D eigenvalue weighted by atomic mass is 16.6. The molecule has 0 unspecified atom stereocenters. The first-order chi connectivity index (χ1) is 12.9. The molecule has 1 aliphatic heterocycles. The standard InChI is InChI=1S/C21H27NO5/c1-5-26-20(24)22-11-17(12-23)14-27-18(19(22)21(2,3)4)15-25-13-16-9-7-6-8-10-16/h6-10H,5,11,13-15H2,1-4H3. The van der Waals surface area contributed by atoms with Crippen molar-refractivity contribution in [2.45, 2.75) is 34.3 Å². The highest BCUT2D eigenvalue weighted by Gasteiger charge is 2.35. The summed E-state index contributed by atoms with van der Waals surface area (Å²) in [7, 11) is 0. The average Bonchev–Trinajstić information content (AvgIpc) is 2.82. The summed E-state index contributed by atoms with van der Waals surface area (Å²) in [6.07, 6.45) is -0.513. The van der Waals surface area contributed by atoms with Crippen molar-refractivity contribution in [3.8, 4) is 0 Å². The molecule has 6 heteroatoms. The molecule has 2 rings (SSSR count). The van der Waals surface area contributed by atoms with Gasteiger partial charge in [0.15, 0.2) is 0 Å². The minimum atomic E-state index is -0.513. The summed E-state index contributed by atoms with van der Waals surface area (Å²) < 4.78 is 16.9. The monoisotopic (exact) mass is 373 g/mol. The van der Waals surface area contributed by atoms with E-state index in [2.05, 4.69) is 0 Å². The zero-order valence-corrected chi connectivity index (χ0v) is 16.4. The normalized spacial score (nSPS) is 15.1. The van der Waals surface area contributed by atoms with Crippen molar-refractivity contribution in [3.05, 3.63) is 52.9 Å². The molecule has 0 aromatic heterocycles. The minimum absolute atomic E-state index is 0.0724. The fourth-order valence-electron chi connectivity index (χ4n) is 2.90. The van der Waals surface area contributed by atoms with Gasteiger partial charge in [0.25, 0.3) is 0 Å². The molecule has 0 bridgehead atoms. The van der Waals surface area contributed by atoms with E-state index in [9.17, 15) is 9.59 Å². The zero-order valence-electron chi connectivity index (χ0n) is 16.4. The Morgan fingerprint density at radius 1 is 1.22 bits per heavy atom. The molecule has 0 saturated carbocycles. The number of allylic oxidation sites excluding steroid dienone is 1. The van der Waals surface area contributed by atoms with Gasteiger partial charge in [-0.2, -0.15) is 0 Å². The van der Waals surface area contributed by atoms with Crippen LogP contribution in [0.15, 0.2) is 47.4 Å². The molecule has 1 amide bonds. The Hall–Kier alpha value is -2.56. The Labute approximate surface area is 160 Å². The SMILES string of the molecule is CCOC(=O)N1CC(=C=O)COC(COCc2ccccc2)=C1C(C)(C)C. The van der Waals surface area contributed by atoms with Gasteiger partial charge in [-0.3, -0.25) is 4.90 Å². The second kappa shape index (κ2) is 9.40. The van der Waals surface area contributed by atoms with E-state index in [0.717, 1.165) is 5.56 Å². The van der Waals surface area contributed by atoms with Crippen molar-refractivity contribution >= 4 is 12.0 Å². The third kappa shape index (κ3) is 5.71. The van der Waals surface area contributed by atoms with Crippen LogP contribution in [0.1, 0.15) is 33.3 Å². The predicted octanol–water partition coefficient (Wildman–Crippen LogP) is 3.71. The van der Waals surface area contributed by atoms with Crippen LogP contribution in [0.3, 0.4) is 0 Å². The molecule has 1 aromatic rings. The molecule has 0 radical (unpaired) electrons. The van der Waals surface area contributed by atoms with Gasteiger partial charge in [-0.1, -0.05) is 51.1 Å². The van der Waals surface area contributed by atoms with E-state index >= 15 is 0 Å². The Kier molecular flexibility index (Phi) is 7.22. The lowest BCUT2D eigenvalue weighted by Gasteiger charge is -2.32. The summed E-state index contributed by atoms with van der Waals surface area (Å²) in [4.78, 5) is 25.2. The van der Waals surface area contributed by atoms with Crippen LogP contribution in [-0.4, -0.2) is 43.3 Å². The smallest absolute Gasteiger partial charge is 0.414 e. The summed E-state index contributed by atoms with van der Waals surface area (Å²) in [5.74, 6) is 2.39. The highest BCUT2D eigenvalue weighted by Crippen LogP contribution is 2.34. The largest absolute Gasteiger partial charge is 0.488 e. The fraction of sp³-hybridized carbons (Fsp3) is 0.476. The average molecular weight is 373 g/mol. The third-order valence-electron chi connectivity index (χ3n) is 3.99.